The molecule has 1 heterocycles. The second-order valence-corrected chi connectivity index (χ2v) is 4.55. The Bertz CT molecular complexity index is 362. The third-order valence-corrected chi connectivity index (χ3v) is 3.13. The molecule has 0 amide bonds. The number of nitrogens with zero attached hydrogens (tertiary/aromatic N) is 1. The summed E-state index contributed by atoms with van der Waals surface area (Å²) in [4.78, 5) is 18.8. The molecule has 0 bridgehead atoms. The number of Topliss-reactive ketones (excluding diaryl/α,β-unsaturated/α-hetero) is 1. The summed E-state index contributed by atoms with van der Waals surface area (Å²) in [7, 11) is 0. The predicted molar refractivity (Wildman–Crippen MR) is 58.9 cm³/mol. The van der Waals surface area contributed by atoms with Crippen LogP contribution in [0.5, 0.6) is 0 Å². The molecule has 2 rings (SSSR count). The van der Waals surface area contributed by atoms with Crippen LogP contribution in [-0.2, 0) is 11.2 Å². The summed E-state index contributed by atoms with van der Waals surface area (Å²) in [5.74, 6) is 1.63. The van der Waals surface area contributed by atoms with Crippen molar-refractivity contribution >= 4 is 5.78 Å². The largest absolute Gasteiger partial charge is 0.345 e. The maximum absolute atomic E-state index is 11.0. The molecule has 0 radical (unpaired) electrons. The summed E-state index contributed by atoms with van der Waals surface area (Å²) in [5, 5.41) is 0. The molecule has 1 N–H and O–H groups in total. The minimum atomic E-state index is 0.168. The molecule has 15 heavy (non-hydrogen) atoms. The number of carbonyl (C=O) groups excluding carboxylic acids is 1. The number of aromatic amines is 1. The minimum Gasteiger partial charge on any atom is -0.345 e. The van der Waals surface area contributed by atoms with E-state index in [1.807, 2.05) is 0 Å². The Labute approximate surface area is 90.3 Å². The van der Waals surface area contributed by atoms with E-state index in [0.29, 0.717) is 12.3 Å². The molecule has 1 aliphatic carbocycles. The van der Waals surface area contributed by atoms with Gasteiger partial charge in [-0.15, -0.1) is 0 Å². The third kappa shape index (κ3) is 2.28. The summed E-state index contributed by atoms with van der Waals surface area (Å²) < 4.78 is 0. The van der Waals surface area contributed by atoms with E-state index in [4.69, 9.17) is 0 Å². The second-order valence-electron chi connectivity index (χ2n) is 4.55. The normalized spacial score (nSPS) is 17.2. The van der Waals surface area contributed by atoms with Crippen LogP contribution in [0.2, 0.25) is 0 Å². The quantitative estimate of drug-likeness (QED) is 0.826. The fourth-order valence-corrected chi connectivity index (χ4v) is 2.45. The Kier molecular flexibility index (Phi) is 2.89. The highest BCUT2D eigenvalue weighted by molar-refractivity contribution is 5.77. The molecular weight excluding hydrogens is 188 g/mol. The molecule has 1 aromatic rings. The fraction of sp³-hybridized carbons (Fsp3) is 0.667. The molecule has 0 atom stereocenters. The SMILES string of the molecule is CC(=O)Cc1nc(C2CCCC2)c(C)[nH]1. The number of ketones is 1. The van der Waals surface area contributed by atoms with Gasteiger partial charge >= 0.3 is 0 Å². The van der Waals surface area contributed by atoms with Crippen LogP contribution in [0.1, 0.15) is 55.7 Å². The van der Waals surface area contributed by atoms with Crippen molar-refractivity contribution in [2.75, 3.05) is 0 Å². The summed E-state index contributed by atoms with van der Waals surface area (Å²) >= 11 is 0. The first-order valence-corrected chi connectivity index (χ1v) is 5.71. The van der Waals surface area contributed by atoms with E-state index in [9.17, 15) is 4.79 Å². The van der Waals surface area contributed by atoms with Gasteiger partial charge in [-0.1, -0.05) is 12.8 Å². The molecule has 1 aliphatic rings. The van der Waals surface area contributed by atoms with Crippen LogP contribution in [0.4, 0.5) is 0 Å². The van der Waals surface area contributed by atoms with Crippen molar-refractivity contribution in [1.82, 2.24) is 9.97 Å². The highest BCUT2D eigenvalue weighted by atomic mass is 16.1. The second kappa shape index (κ2) is 4.17. The standard InChI is InChI=1S/C12H18N2O/c1-8(15)7-11-13-9(2)12(14-11)10-5-3-4-6-10/h10H,3-7H2,1-2H3,(H,13,14). The number of hydrogen-bond acceptors (Lipinski definition) is 2. The van der Waals surface area contributed by atoms with Gasteiger partial charge in [-0.2, -0.15) is 0 Å². The van der Waals surface area contributed by atoms with E-state index >= 15 is 0 Å². The summed E-state index contributed by atoms with van der Waals surface area (Å²) in [6, 6.07) is 0. The van der Waals surface area contributed by atoms with Crippen LogP contribution in [-0.4, -0.2) is 15.8 Å². The van der Waals surface area contributed by atoms with Crippen LogP contribution in [0.25, 0.3) is 0 Å². The van der Waals surface area contributed by atoms with Gasteiger partial charge in [0.05, 0.1) is 12.1 Å². The topological polar surface area (TPSA) is 45.8 Å². The highest BCUT2D eigenvalue weighted by Crippen LogP contribution is 2.34. The van der Waals surface area contributed by atoms with Gasteiger partial charge < -0.3 is 4.98 Å². The van der Waals surface area contributed by atoms with Gasteiger partial charge in [-0.25, -0.2) is 4.98 Å². The van der Waals surface area contributed by atoms with Gasteiger partial charge in [0.2, 0.25) is 0 Å². The van der Waals surface area contributed by atoms with Crippen molar-refractivity contribution in [3.63, 3.8) is 0 Å². The maximum Gasteiger partial charge on any atom is 0.137 e. The number of H-pyrrole nitrogens is 1. The van der Waals surface area contributed by atoms with E-state index in [1.165, 1.54) is 31.4 Å². The van der Waals surface area contributed by atoms with Gasteiger partial charge in [0.1, 0.15) is 11.6 Å². The van der Waals surface area contributed by atoms with Crippen LogP contribution >= 0.6 is 0 Å². The van der Waals surface area contributed by atoms with Gasteiger partial charge in [0.15, 0.2) is 0 Å². The Morgan fingerprint density at radius 3 is 2.73 bits per heavy atom. The van der Waals surface area contributed by atoms with Crippen molar-refractivity contribution in [1.29, 1.82) is 0 Å². The van der Waals surface area contributed by atoms with Gasteiger partial charge in [-0.05, 0) is 26.7 Å². The molecule has 0 saturated heterocycles. The Balaban J connectivity index is 2.17. The first kappa shape index (κ1) is 10.4. The van der Waals surface area contributed by atoms with Gasteiger partial charge in [0, 0.05) is 11.6 Å². The van der Waals surface area contributed by atoms with Gasteiger partial charge in [0.25, 0.3) is 0 Å². The molecule has 1 saturated carbocycles. The number of hydrogen-bond donors (Lipinski definition) is 1. The monoisotopic (exact) mass is 206 g/mol. The molecule has 1 aromatic heterocycles. The summed E-state index contributed by atoms with van der Waals surface area (Å²) in [6.07, 6.45) is 5.59. The van der Waals surface area contributed by atoms with Crippen molar-refractivity contribution in [3.8, 4) is 0 Å². The summed E-state index contributed by atoms with van der Waals surface area (Å²) in [5.41, 5.74) is 2.35. The van der Waals surface area contributed by atoms with Crippen LogP contribution in [0, 0.1) is 6.92 Å². The van der Waals surface area contributed by atoms with Crippen molar-refractivity contribution < 1.29 is 4.79 Å². The minimum absolute atomic E-state index is 0.168. The average Bonchev–Trinajstić information content (AvgIpc) is 2.72. The zero-order valence-corrected chi connectivity index (χ0v) is 9.47. The first-order valence-electron chi connectivity index (χ1n) is 5.71. The Morgan fingerprint density at radius 2 is 2.13 bits per heavy atom. The lowest BCUT2D eigenvalue weighted by Gasteiger charge is -2.05. The lowest BCUT2D eigenvalue weighted by Crippen LogP contribution is -1.99. The van der Waals surface area contributed by atoms with Crippen molar-refractivity contribution in [3.05, 3.63) is 17.2 Å². The van der Waals surface area contributed by atoms with Crippen molar-refractivity contribution in [2.24, 2.45) is 0 Å². The molecule has 0 aliphatic heterocycles. The fourth-order valence-electron chi connectivity index (χ4n) is 2.45. The van der Waals surface area contributed by atoms with Gasteiger partial charge in [-0.3, -0.25) is 4.79 Å². The number of nitrogens with one attached hydrogen (secondary N) is 1. The van der Waals surface area contributed by atoms with Crippen LogP contribution < -0.4 is 0 Å². The number of rotatable bonds is 3. The van der Waals surface area contributed by atoms with E-state index in [1.54, 1.807) is 6.92 Å². The molecule has 0 spiro atoms. The van der Waals surface area contributed by atoms with Crippen LogP contribution in [0.3, 0.4) is 0 Å². The molecule has 3 heteroatoms. The Morgan fingerprint density at radius 1 is 1.47 bits per heavy atom. The number of aromatic nitrogens is 2. The number of carbonyl (C=O) groups is 1. The first-order chi connectivity index (χ1) is 7.16. The molecule has 82 valence electrons. The molecular formula is C12H18N2O. The van der Waals surface area contributed by atoms with Crippen LogP contribution in [0.15, 0.2) is 0 Å². The zero-order chi connectivity index (χ0) is 10.8. The Hall–Kier alpha value is -1.12. The average molecular weight is 206 g/mol. The molecule has 0 unspecified atom stereocenters. The molecule has 3 nitrogen and oxygen atoms in total. The molecule has 1 fully saturated rings. The molecule has 0 aromatic carbocycles. The predicted octanol–water partition coefficient (Wildman–Crippen LogP) is 2.51. The van der Waals surface area contributed by atoms with E-state index < -0.39 is 0 Å². The lowest BCUT2D eigenvalue weighted by molar-refractivity contribution is -0.116. The van der Waals surface area contributed by atoms with E-state index in [0.717, 1.165) is 11.5 Å². The van der Waals surface area contributed by atoms with E-state index in [2.05, 4.69) is 16.9 Å². The maximum atomic E-state index is 11.0. The number of aryl methyl sites for hydroxylation is 1. The zero-order valence-electron chi connectivity index (χ0n) is 9.47. The van der Waals surface area contributed by atoms with Crippen molar-refractivity contribution in [2.45, 2.75) is 51.9 Å². The number of imidazole rings is 1. The van der Waals surface area contributed by atoms with E-state index in [-0.39, 0.29) is 5.78 Å². The highest BCUT2D eigenvalue weighted by Gasteiger charge is 2.22. The summed E-state index contributed by atoms with van der Waals surface area (Å²) in [6.45, 7) is 3.66. The smallest absolute Gasteiger partial charge is 0.137 e. The lowest BCUT2D eigenvalue weighted by atomic mass is 10.0. The third-order valence-electron chi connectivity index (χ3n) is 3.13.